The third-order valence-electron chi connectivity index (χ3n) is 4.39. The Morgan fingerprint density at radius 3 is 1.15 bits per heavy atom. The maximum Gasteiger partial charge on any atom is -0.0302 e. The highest BCUT2D eigenvalue weighted by molar-refractivity contribution is 5.14. The van der Waals surface area contributed by atoms with E-state index in [0.29, 0.717) is 10.8 Å². The molecular weight excluding hydrogens is 156 g/mol. The van der Waals surface area contributed by atoms with Gasteiger partial charge in [-0.15, -0.1) is 0 Å². The van der Waals surface area contributed by atoms with Crippen LogP contribution in [0, 0.1) is 34.5 Å². The number of hydrogen-bond acceptors (Lipinski definition) is 0. The Kier molecular flexibility index (Phi) is 1.71. The minimum absolute atomic E-state index is 0.565. The van der Waals surface area contributed by atoms with Gasteiger partial charge in [0.2, 0.25) is 0 Å². The predicted molar refractivity (Wildman–Crippen MR) is 57.5 cm³/mol. The van der Waals surface area contributed by atoms with Crippen LogP contribution in [0.25, 0.3) is 0 Å². The summed E-state index contributed by atoms with van der Waals surface area (Å²) in [6.07, 6.45) is 1.53. The normalized spacial score (nSPS) is 43.8. The molecule has 3 rings (SSSR count). The molecule has 0 aromatic rings. The van der Waals surface area contributed by atoms with Crippen molar-refractivity contribution in [2.45, 2.75) is 48.0 Å². The molecule has 0 N–H and O–H groups in total. The van der Waals surface area contributed by atoms with Crippen LogP contribution < -0.4 is 0 Å². The minimum Gasteiger partial charge on any atom is -0.0599 e. The minimum atomic E-state index is 0.565. The summed E-state index contributed by atoms with van der Waals surface area (Å²) in [5, 5.41) is 0. The molecule has 13 heavy (non-hydrogen) atoms. The predicted octanol–water partition coefficient (Wildman–Crippen LogP) is 3.96. The summed E-state index contributed by atoms with van der Waals surface area (Å²) in [6, 6.07) is 0. The van der Waals surface area contributed by atoms with Crippen molar-refractivity contribution in [3.63, 3.8) is 0 Å². The number of rotatable bonds is 0. The van der Waals surface area contributed by atoms with E-state index < -0.39 is 0 Å². The molecule has 76 valence electrons. The first-order valence-corrected chi connectivity index (χ1v) is 5.73. The molecule has 0 aromatic heterocycles. The maximum absolute atomic E-state index is 2.41. The summed E-state index contributed by atoms with van der Waals surface area (Å²) in [5.74, 6) is 4.20. The molecule has 3 aliphatic rings. The van der Waals surface area contributed by atoms with Gasteiger partial charge in [0.05, 0.1) is 0 Å². The van der Waals surface area contributed by atoms with Gasteiger partial charge in [0.15, 0.2) is 0 Å². The first-order valence-electron chi connectivity index (χ1n) is 5.73. The van der Waals surface area contributed by atoms with Crippen LogP contribution >= 0.6 is 0 Å². The molecule has 0 unspecified atom stereocenters. The van der Waals surface area contributed by atoms with Crippen LogP contribution in [-0.2, 0) is 0 Å². The van der Waals surface area contributed by atoms with Crippen LogP contribution in [-0.4, -0.2) is 0 Å². The Labute approximate surface area is 83.1 Å². The van der Waals surface area contributed by atoms with E-state index in [9.17, 15) is 0 Å². The molecule has 0 aliphatic heterocycles. The molecule has 3 saturated carbocycles. The van der Waals surface area contributed by atoms with Crippen molar-refractivity contribution in [2.24, 2.45) is 34.5 Å². The molecule has 3 fully saturated rings. The van der Waals surface area contributed by atoms with Gasteiger partial charge in [-0.2, -0.15) is 0 Å². The highest BCUT2D eigenvalue weighted by atomic mass is 14.7. The first kappa shape index (κ1) is 9.55. The zero-order chi connectivity index (χ0) is 10.0. The van der Waals surface area contributed by atoms with E-state index in [1.54, 1.807) is 0 Å². The van der Waals surface area contributed by atoms with E-state index in [4.69, 9.17) is 0 Å². The van der Waals surface area contributed by atoms with Crippen LogP contribution in [0.3, 0.4) is 0 Å². The monoisotopic (exact) mass is 180 g/mol. The second-order valence-corrected chi connectivity index (χ2v) is 7.35. The molecule has 0 radical (unpaired) electrons. The standard InChI is InChI=1S/C13H24/c1-12(2,3)10-8-7-9(10)11(8)13(4,5)6/h8-11H,7H2,1-6H3. The van der Waals surface area contributed by atoms with E-state index in [0.717, 1.165) is 23.7 Å². The highest BCUT2D eigenvalue weighted by Gasteiger charge is 2.66. The van der Waals surface area contributed by atoms with Crippen molar-refractivity contribution in [1.29, 1.82) is 0 Å². The van der Waals surface area contributed by atoms with Gasteiger partial charge in [0, 0.05) is 0 Å². The average Bonchev–Trinajstić information content (AvgIpc) is 1.38. The van der Waals surface area contributed by atoms with Crippen LogP contribution in [0.1, 0.15) is 48.0 Å². The molecule has 0 heteroatoms. The van der Waals surface area contributed by atoms with E-state index >= 15 is 0 Å². The Balaban J connectivity index is 2.02. The molecule has 0 spiro atoms. The highest BCUT2D eigenvalue weighted by Crippen LogP contribution is 2.72. The second kappa shape index (κ2) is 2.32. The first-order chi connectivity index (χ1) is 5.73. The Hall–Kier alpha value is 0. The van der Waals surface area contributed by atoms with E-state index in [1.807, 2.05) is 0 Å². The van der Waals surface area contributed by atoms with Crippen LogP contribution in [0.2, 0.25) is 0 Å². The lowest BCUT2D eigenvalue weighted by molar-refractivity contribution is -0.244. The Bertz CT molecular complexity index is 181. The lowest BCUT2D eigenvalue weighted by Crippen LogP contribution is -2.67. The lowest BCUT2D eigenvalue weighted by atomic mass is 9.32. The number of hydrogen-bond donors (Lipinski definition) is 0. The fourth-order valence-electron chi connectivity index (χ4n) is 4.01. The lowest BCUT2D eigenvalue weighted by Gasteiger charge is -2.72. The SMILES string of the molecule is CC(C)(C)C1C2CC1C2C(C)(C)C. The van der Waals surface area contributed by atoms with E-state index in [2.05, 4.69) is 41.5 Å². The summed E-state index contributed by atoms with van der Waals surface area (Å²) < 4.78 is 0. The van der Waals surface area contributed by atoms with Crippen molar-refractivity contribution in [3.05, 3.63) is 0 Å². The van der Waals surface area contributed by atoms with Gasteiger partial charge >= 0.3 is 0 Å². The van der Waals surface area contributed by atoms with Gasteiger partial charge in [-0.25, -0.2) is 0 Å². The molecular formula is C13H24. The maximum atomic E-state index is 2.41. The average molecular weight is 180 g/mol. The summed E-state index contributed by atoms with van der Waals surface area (Å²) >= 11 is 0. The van der Waals surface area contributed by atoms with E-state index in [-0.39, 0.29) is 0 Å². The smallest absolute Gasteiger partial charge is 0.0302 e. The van der Waals surface area contributed by atoms with Crippen molar-refractivity contribution in [2.75, 3.05) is 0 Å². The molecule has 3 aliphatic carbocycles. The van der Waals surface area contributed by atoms with Gasteiger partial charge in [-0.3, -0.25) is 0 Å². The summed E-state index contributed by atoms with van der Waals surface area (Å²) in [5.41, 5.74) is 1.13. The van der Waals surface area contributed by atoms with Crippen molar-refractivity contribution in [1.82, 2.24) is 0 Å². The molecule has 0 nitrogen and oxygen atoms in total. The van der Waals surface area contributed by atoms with Gasteiger partial charge in [-0.05, 0) is 40.9 Å². The summed E-state index contributed by atoms with van der Waals surface area (Å²) in [4.78, 5) is 0. The van der Waals surface area contributed by atoms with Crippen molar-refractivity contribution >= 4 is 0 Å². The summed E-state index contributed by atoms with van der Waals surface area (Å²) in [6.45, 7) is 14.5. The van der Waals surface area contributed by atoms with Crippen LogP contribution in [0.15, 0.2) is 0 Å². The Morgan fingerprint density at radius 2 is 1.00 bits per heavy atom. The van der Waals surface area contributed by atoms with E-state index in [1.165, 1.54) is 6.42 Å². The molecule has 0 saturated heterocycles. The third-order valence-corrected chi connectivity index (χ3v) is 4.39. The van der Waals surface area contributed by atoms with Gasteiger partial charge in [0.1, 0.15) is 0 Å². The molecule has 0 amide bonds. The largest absolute Gasteiger partial charge is 0.0599 e. The molecule has 0 atom stereocenters. The van der Waals surface area contributed by atoms with Gasteiger partial charge < -0.3 is 0 Å². The quantitative estimate of drug-likeness (QED) is 0.529. The van der Waals surface area contributed by atoms with Gasteiger partial charge in [0.25, 0.3) is 0 Å². The topological polar surface area (TPSA) is 0 Å². The van der Waals surface area contributed by atoms with Crippen molar-refractivity contribution < 1.29 is 0 Å². The van der Waals surface area contributed by atoms with Crippen LogP contribution in [0.5, 0.6) is 0 Å². The molecule has 2 bridgehead atoms. The molecule has 0 aromatic carbocycles. The van der Waals surface area contributed by atoms with Crippen LogP contribution in [0.4, 0.5) is 0 Å². The van der Waals surface area contributed by atoms with Gasteiger partial charge in [-0.1, -0.05) is 41.5 Å². The zero-order valence-electron chi connectivity index (χ0n) is 10.0. The zero-order valence-corrected chi connectivity index (χ0v) is 10.0. The fourth-order valence-corrected chi connectivity index (χ4v) is 4.01. The fraction of sp³-hybridized carbons (Fsp3) is 1.00. The molecule has 0 heterocycles. The second-order valence-electron chi connectivity index (χ2n) is 7.35. The van der Waals surface area contributed by atoms with Crippen molar-refractivity contribution in [3.8, 4) is 0 Å². The third kappa shape index (κ3) is 1.17. The Morgan fingerprint density at radius 1 is 0.692 bits per heavy atom. The summed E-state index contributed by atoms with van der Waals surface area (Å²) in [7, 11) is 0.